The maximum absolute atomic E-state index is 15.7. The first-order valence-corrected chi connectivity index (χ1v) is 51.2. The Balaban J connectivity index is 0.000000205. The van der Waals surface area contributed by atoms with Crippen LogP contribution in [0.3, 0.4) is 0 Å². The van der Waals surface area contributed by atoms with Crippen LogP contribution in [-0.4, -0.2) is 222 Å². The van der Waals surface area contributed by atoms with Crippen molar-refractivity contribution >= 4 is 108 Å². The summed E-state index contributed by atoms with van der Waals surface area (Å²) in [4.78, 5) is 104. The number of sulfonamides is 1. The minimum absolute atomic E-state index is 0. The number of alkyl carbamates (subject to hydrolysis) is 2. The molecular weight excluding hydrogens is 1860 g/mol. The number of nitrogens with zero attached hydrogens (tertiary/aromatic N) is 9. The number of methoxy groups -OCH3 is 2. The second-order valence-electron chi connectivity index (χ2n) is 36.0. The van der Waals surface area contributed by atoms with E-state index in [1.165, 1.54) is 59.6 Å². The Bertz CT molecular complexity index is 5630. The fourth-order valence-corrected chi connectivity index (χ4v) is 24.1. The molecule has 4 amide bonds. The molecule has 2 bridgehead atoms. The number of hydrogen-bond acceptors (Lipinski definition) is 23. The fraction of sp³-hybridized carbons (Fsp3) is 0.500. The number of halogens is 6. The normalized spacial score (nSPS) is 21.9. The van der Waals surface area contributed by atoms with Crippen LogP contribution in [0.2, 0.25) is 0 Å². The summed E-state index contributed by atoms with van der Waals surface area (Å²) >= 11 is -3.95. The molecule has 0 spiro atoms. The van der Waals surface area contributed by atoms with E-state index in [0.717, 1.165) is 50.8 Å². The third kappa shape index (κ3) is 24.3. The predicted molar refractivity (Wildman–Crippen MR) is 498 cm³/mol. The first-order valence-electron chi connectivity index (χ1n) is 43.4. The van der Waals surface area contributed by atoms with E-state index in [1.54, 1.807) is 114 Å². The molecule has 3 saturated heterocycles. The summed E-state index contributed by atoms with van der Waals surface area (Å²) in [5.74, 6) is -10.1. The van der Waals surface area contributed by atoms with Crippen LogP contribution in [0.1, 0.15) is 165 Å². The van der Waals surface area contributed by atoms with Crippen molar-refractivity contribution in [3.8, 4) is 17.5 Å². The number of nitrogens with one attached hydrogen (secondary N) is 2. The average Bonchev–Trinajstić information content (AvgIpc) is 1.80. The van der Waals surface area contributed by atoms with E-state index in [2.05, 4.69) is 119 Å². The van der Waals surface area contributed by atoms with E-state index in [1.807, 2.05) is 18.5 Å². The molecule has 0 radical (unpaired) electrons. The summed E-state index contributed by atoms with van der Waals surface area (Å²) in [5.41, 5.74) is 7.90. The number of anilines is 2. The van der Waals surface area contributed by atoms with Gasteiger partial charge in [-0.05, 0) is 85.8 Å². The van der Waals surface area contributed by atoms with Crippen LogP contribution in [0, 0.1) is 52.4 Å². The van der Waals surface area contributed by atoms with Gasteiger partial charge in [-0.15, -0.1) is 6.58 Å². The minimum atomic E-state index is -3.95. The van der Waals surface area contributed by atoms with Crippen LogP contribution in [0.25, 0.3) is 22.1 Å². The molecular formula is C96H123Cl2F4N11O17RuS. The number of aromatic nitrogens is 4. The molecule has 28 nitrogen and oxygen atoms in total. The molecule has 5 fully saturated rings. The SMILES string of the molecule is C.C=CCO[C@@H]1CCC[C@H]1OC(=O)N[C@H](C(=O)N1C[C@H](Oc2nc3ccccc3nc2C(F)(F)C=C)C[C@H]1C(=O)OC)C(C)(C)C.COC(=O)[C@@H]1C[C@@H]2CN1C(=O)[C@H](C(C)(C)C)NC(=O)O[C@@H]1CCC[C@H]1OC/C=C/C(F)(F)c1nc3ccccc3nc1O2.Cc1cc(C)c(N2CCN(c3c(C)cc(C)cc3C)[C]2=[Ru]([Cl])([Cl])=[CH]c2cc(S(=O)(=O)N(C)C)ccc2OC(C)C)c(C)c1. The summed E-state index contributed by atoms with van der Waals surface area (Å²) in [6.45, 7) is 35.3. The Kier molecular flexibility index (Phi) is 33.9. The monoisotopic (exact) mass is 1980 g/mol. The molecule has 36 heteroatoms. The number of carbonyl (C=O) groups is 6. The molecule has 0 unspecified atom stereocenters. The van der Waals surface area contributed by atoms with Crippen molar-refractivity contribution in [1.82, 2.24) is 44.7 Å². The summed E-state index contributed by atoms with van der Waals surface area (Å²) in [5, 5.41) is 5.38. The molecule has 13 rings (SSSR count). The van der Waals surface area contributed by atoms with E-state index in [9.17, 15) is 46.0 Å². The number of ether oxygens (including phenoxy) is 9. The Labute approximate surface area is 780 Å². The zero-order chi connectivity index (χ0) is 95.9. The number of para-hydroxylation sites is 4. The summed E-state index contributed by atoms with van der Waals surface area (Å²) < 4.78 is 142. The third-order valence-electron chi connectivity index (χ3n) is 23.1. The second kappa shape index (κ2) is 43.1. The van der Waals surface area contributed by atoms with Gasteiger partial charge in [0.15, 0.2) is 11.4 Å². The van der Waals surface area contributed by atoms with Gasteiger partial charge in [-0.1, -0.05) is 92.0 Å². The van der Waals surface area contributed by atoms with Crippen molar-refractivity contribution in [2.45, 2.75) is 239 Å². The van der Waals surface area contributed by atoms with E-state index < -0.39 is 158 Å². The van der Waals surface area contributed by atoms with Crippen molar-refractivity contribution in [2.75, 3.05) is 77.5 Å². The molecule has 720 valence electrons. The van der Waals surface area contributed by atoms with Crippen molar-refractivity contribution in [2.24, 2.45) is 10.8 Å². The number of rotatable bonds is 19. The van der Waals surface area contributed by atoms with Crippen LogP contribution in [0.5, 0.6) is 17.5 Å². The van der Waals surface area contributed by atoms with Crippen molar-refractivity contribution in [3.05, 3.63) is 179 Å². The number of amides is 4. The molecule has 4 aliphatic heterocycles. The molecule has 6 heterocycles. The van der Waals surface area contributed by atoms with Gasteiger partial charge < -0.3 is 58.3 Å². The van der Waals surface area contributed by atoms with Crippen molar-refractivity contribution in [1.29, 1.82) is 0 Å². The number of likely N-dealkylation sites (tertiary alicyclic amines) is 1. The topological polar surface area (TPSA) is 311 Å². The molecule has 6 aliphatic rings. The van der Waals surface area contributed by atoms with Gasteiger partial charge in [-0.2, -0.15) is 17.6 Å². The van der Waals surface area contributed by atoms with E-state index in [4.69, 9.17) is 62.0 Å². The fourth-order valence-electron chi connectivity index (χ4n) is 17.1. The summed E-state index contributed by atoms with van der Waals surface area (Å²) in [7, 11) is 17.0. The number of esters is 2. The Morgan fingerprint density at radius 3 is 1.84 bits per heavy atom. The number of alkyl halides is 4. The number of fused-ring (bicyclic) bond motifs is 6. The van der Waals surface area contributed by atoms with Gasteiger partial charge in [-0.25, -0.2) is 39.1 Å². The Morgan fingerprint density at radius 2 is 1.29 bits per heavy atom. The van der Waals surface area contributed by atoms with Gasteiger partial charge in [0, 0.05) is 12.8 Å². The maximum atomic E-state index is 15.7. The zero-order valence-corrected chi connectivity index (χ0v) is 81.3. The van der Waals surface area contributed by atoms with Gasteiger partial charge in [0.2, 0.25) is 23.6 Å². The van der Waals surface area contributed by atoms with Crippen LogP contribution >= 0.6 is 19.4 Å². The van der Waals surface area contributed by atoms with Crippen molar-refractivity contribution in [3.63, 3.8) is 0 Å². The van der Waals surface area contributed by atoms with E-state index >= 15 is 8.78 Å². The standard InChI is InChI=1S/C32H40F2N4O7.C30H36F2N4O7.C21H26N2.C12H17NO3S.CH4.2ClH.Ru/c1-7-16-43-23-14-11-15-24(23)45-30(41)37-26(31(3,4)5)28(39)38-18-19(17-22(38)29(40)42-6)44-27-25(32(33,34)8-2)35-20-12-9-10-13-21(20)36-27;1-29(2,3)24-26(37)36-16-17(15-20(36)27(38)40-4)42-25-23(33-18-9-5-6-10-19(18)34-25)30(31,32)13-8-14-41-21-11-7-12-22(21)43-28(39)35-24;1-14-9-16(3)20(17(4)10-14)22-7-8-23(13-22)21-18(5)11-15(2)12-19(21)6;1-9(2)16-12-7-6-11(8-10(12)3)17(14,15)13(4)5;;;;/h7-10,12-13,19,22-24,26H,1-2,11,14-18H2,3-6H3,(H,37,41);5-6,8-10,13,17,20-22,24H,7,11-12,14-16H2,1-4H3,(H,35,39);9-12H,7-8H2,1-6H3;3,6-9H,1-2,4-5H3;1H4;2*1H;/q;;;;;;;+2/p-2/b;13-8+;;;;;;/t19-,22+,23-,24-,26-;17-,20+,21-,22-,24-;;;;;;/m11....../s1. The van der Waals surface area contributed by atoms with Gasteiger partial charge in [-0.3, -0.25) is 9.59 Å². The molecule has 2 aliphatic carbocycles. The molecule has 10 atom stereocenters. The Morgan fingerprint density at radius 1 is 0.735 bits per heavy atom. The Hall–Kier alpha value is -10.1. The molecule has 2 N–H and O–H groups in total. The quantitative estimate of drug-likeness (QED) is 0.0250. The summed E-state index contributed by atoms with van der Waals surface area (Å²) in [6, 6.07) is 22.3. The van der Waals surface area contributed by atoms with Crippen LogP contribution < -0.4 is 34.6 Å². The molecule has 132 heavy (non-hydrogen) atoms. The first-order chi connectivity index (χ1) is 61.6. The second-order valence-corrected chi connectivity index (χ2v) is 47.4. The van der Waals surface area contributed by atoms with Gasteiger partial charge in [0.05, 0.1) is 74.8 Å². The average molecular weight is 1980 g/mol. The predicted octanol–water partition coefficient (Wildman–Crippen LogP) is 16.5. The van der Waals surface area contributed by atoms with Crippen LogP contribution in [0.4, 0.5) is 38.5 Å². The third-order valence-corrected chi connectivity index (χ3v) is 30.4. The number of allylic oxidation sites excluding steroid dienone is 2. The number of aryl methyl sites for hydroxylation is 6. The van der Waals surface area contributed by atoms with Gasteiger partial charge in [0.25, 0.3) is 0 Å². The molecule has 2 saturated carbocycles. The molecule has 2 aromatic heterocycles. The van der Waals surface area contributed by atoms with Crippen LogP contribution in [0.15, 0.2) is 133 Å². The molecule has 5 aromatic carbocycles. The molecule has 7 aromatic rings. The number of hydrogen-bond donors (Lipinski definition) is 2. The summed E-state index contributed by atoms with van der Waals surface area (Å²) in [6.07, 6.45) is 2.32. The van der Waals surface area contributed by atoms with Gasteiger partial charge in [0.1, 0.15) is 48.6 Å². The van der Waals surface area contributed by atoms with Gasteiger partial charge >= 0.3 is 306 Å². The van der Waals surface area contributed by atoms with Crippen LogP contribution in [-0.2, 0) is 81.4 Å². The van der Waals surface area contributed by atoms with E-state index in [-0.39, 0.29) is 68.1 Å². The number of benzene rings is 5. The zero-order valence-electron chi connectivity index (χ0n) is 77.2. The first kappa shape index (κ1) is 104. The van der Waals surface area contributed by atoms with Crippen molar-refractivity contribution < 1.29 is 109 Å². The number of carbonyl (C=O) groups excluding carboxylic acids is 6. The van der Waals surface area contributed by atoms with E-state index in [0.29, 0.717) is 79.9 Å².